The van der Waals surface area contributed by atoms with Crippen molar-refractivity contribution in [3.05, 3.63) is 12.7 Å². The molecule has 0 radical (unpaired) electrons. The van der Waals surface area contributed by atoms with Crippen LogP contribution in [0.15, 0.2) is 12.7 Å². The lowest BCUT2D eigenvalue weighted by Crippen LogP contribution is -2.68. The van der Waals surface area contributed by atoms with Gasteiger partial charge in [-0.05, 0) is 50.9 Å². The molecule has 2 N–H and O–H groups in total. The van der Waals surface area contributed by atoms with Crippen molar-refractivity contribution in [2.45, 2.75) is 76.6 Å². The van der Waals surface area contributed by atoms with Crippen LogP contribution in [-0.2, 0) is 14.3 Å². The zero-order valence-electron chi connectivity index (χ0n) is 16.6. The first-order chi connectivity index (χ1) is 12.1. The predicted molar refractivity (Wildman–Crippen MR) is 98.4 cm³/mol. The molecule has 5 heteroatoms. The summed E-state index contributed by atoms with van der Waals surface area (Å²) < 4.78 is 11.6. The number of fused-ring (bicyclic) bond motifs is 3. The largest absolute Gasteiger partial charge is 0.469 e. The lowest BCUT2D eigenvalue weighted by Gasteiger charge is -2.66. The Morgan fingerprint density at radius 3 is 2.58 bits per heavy atom. The van der Waals surface area contributed by atoms with Gasteiger partial charge in [0, 0.05) is 12.3 Å². The third-order valence-electron chi connectivity index (χ3n) is 7.94. The molecule has 7 atom stereocenters. The van der Waals surface area contributed by atoms with Crippen molar-refractivity contribution in [2.75, 3.05) is 13.7 Å². The first-order valence-electron chi connectivity index (χ1n) is 9.82. The molecule has 0 bridgehead atoms. The summed E-state index contributed by atoms with van der Waals surface area (Å²) >= 11 is 0. The van der Waals surface area contributed by atoms with Crippen LogP contribution >= 0.6 is 0 Å². The molecule has 148 valence electrons. The minimum absolute atomic E-state index is 0.0855. The third-order valence-corrected chi connectivity index (χ3v) is 7.94. The maximum absolute atomic E-state index is 12.6. The second-order valence-corrected chi connectivity index (χ2v) is 9.45. The van der Waals surface area contributed by atoms with Crippen LogP contribution in [0.1, 0.15) is 59.3 Å². The minimum atomic E-state index is -0.895. The summed E-state index contributed by atoms with van der Waals surface area (Å²) in [6.45, 7) is 9.94. The van der Waals surface area contributed by atoms with E-state index >= 15 is 0 Å². The summed E-state index contributed by atoms with van der Waals surface area (Å²) in [6.07, 6.45) is 5.68. The van der Waals surface area contributed by atoms with Crippen LogP contribution in [0.25, 0.3) is 0 Å². The molecule has 1 saturated heterocycles. The van der Waals surface area contributed by atoms with Crippen LogP contribution < -0.4 is 0 Å². The molecular formula is C21H34O5. The zero-order chi connectivity index (χ0) is 19.4. The second kappa shape index (κ2) is 6.32. The molecule has 0 amide bonds. The van der Waals surface area contributed by atoms with Gasteiger partial charge >= 0.3 is 5.97 Å². The molecule has 0 aromatic heterocycles. The zero-order valence-corrected chi connectivity index (χ0v) is 16.6. The van der Waals surface area contributed by atoms with Crippen molar-refractivity contribution < 1.29 is 24.5 Å². The Kier molecular flexibility index (Phi) is 4.82. The van der Waals surface area contributed by atoms with E-state index in [-0.39, 0.29) is 29.8 Å². The molecule has 0 aromatic rings. The number of rotatable bonds is 3. The van der Waals surface area contributed by atoms with Gasteiger partial charge in [-0.3, -0.25) is 4.79 Å². The molecule has 0 spiro atoms. The Balaban J connectivity index is 2.02. The summed E-state index contributed by atoms with van der Waals surface area (Å²) in [7, 11) is 1.46. The Hall–Kier alpha value is -0.910. The van der Waals surface area contributed by atoms with Gasteiger partial charge in [0.15, 0.2) is 0 Å². The normalized spacial score (nSPS) is 51.1. The van der Waals surface area contributed by atoms with Gasteiger partial charge in [0.1, 0.15) is 5.60 Å². The molecule has 3 rings (SSSR count). The van der Waals surface area contributed by atoms with Gasteiger partial charge in [-0.25, -0.2) is 0 Å². The monoisotopic (exact) mass is 366 g/mol. The highest BCUT2D eigenvalue weighted by atomic mass is 16.5. The van der Waals surface area contributed by atoms with Gasteiger partial charge in [-0.2, -0.15) is 0 Å². The smallest absolute Gasteiger partial charge is 0.311 e. The maximum atomic E-state index is 12.6. The van der Waals surface area contributed by atoms with Crippen LogP contribution in [0.2, 0.25) is 0 Å². The number of hydrogen-bond acceptors (Lipinski definition) is 5. The number of aliphatic hydroxyl groups excluding tert-OH is 2. The lowest BCUT2D eigenvalue weighted by atomic mass is 9.43. The van der Waals surface area contributed by atoms with E-state index in [0.29, 0.717) is 6.42 Å². The topological polar surface area (TPSA) is 76.0 Å². The quantitative estimate of drug-likeness (QED) is 0.593. The molecule has 2 saturated carbocycles. The summed E-state index contributed by atoms with van der Waals surface area (Å²) in [6, 6.07) is 0. The summed E-state index contributed by atoms with van der Waals surface area (Å²) in [5.41, 5.74) is -2.18. The first kappa shape index (κ1) is 19.8. The molecule has 3 aliphatic rings. The highest BCUT2D eigenvalue weighted by molar-refractivity contribution is 5.77. The van der Waals surface area contributed by atoms with E-state index in [1.165, 1.54) is 7.11 Å². The van der Waals surface area contributed by atoms with Gasteiger partial charge in [-0.15, -0.1) is 6.58 Å². The van der Waals surface area contributed by atoms with Gasteiger partial charge in [0.2, 0.25) is 0 Å². The number of aliphatic hydroxyl groups is 2. The molecular weight excluding hydrogens is 332 g/mol. The van der Waals surface area contributed by atoms with E-state index in [1.54, 1.807) is 6.08 Å². The molecule has 2 aliphatic carbocycles. The lowest BCUT2D eigenvalue weighted by molar-refractivity contribution is -0.293. The average Bonchev–Trinajstić information content (AvgIpc) is 2.59. The highest BCUT2D eigenvalue weighted by Crippen LogP contribution is 2.65. The fourth-order valence-electron chi connectivity index (χ4n) is 6.92. The molecule has 1 heterocycles. The number of ether oxygens (including phenoxy) is 2. The van der Waals surface area contributed by atoms with E-state index in [0.717, 1.165) is 32.1 Å². The predicted octanol–water partition coefficient (Wildman–Crippen LogP) is 2.84. The van der Waals surface area contributed by atoms with E-state index in [2.05, 4.69) is 20.4 Å². The van der Waals surface area contributed by atoms with Crippen LogP contribution in [-0.4, -0.2) is 47.2 Å². The highest BCUT2D eigenvalue weighted by Gasteiger charge is 2.66. The molecule has 5 nitrogen and oxygen atoms in total. The first-order valence-corrected chi connectivity index (χ1v) is 9.82. The van der Waals surface area contributed by atoms with Crippen molar-refractivity contribution in [1.82, 2.24) is 0 Å². The van der Waals surface area contributed by atoms with Crippen LogP contribution in [0, 0.1) is 22.7 Å². The van der Waals surface area contributed by atoms with E-state index < -0.39 is 22.7 Å². The number of carbonyl (C=O) groups excluding carboxylic acids is 1. The molecule has 0 aromatic carbocycles. The Bertz CT molecular complexity index is 591. The fraction of sp³-hybridized carbons (Fsp3) is 0.857. The van der Waals surface area contributed by atoms with Gasteiger partial charge in [-0.1, -0.05) is 19.4 Å². The second-order valence-electron chi connectivity index (χ2n) is 9.45. The van der Waals surface area contributed by atoms with Crippen molar-refractivity contribution in [3.8, 4) is 0 Å². The Morgan fingerprint density at radius 2 is 2.00 bits per heavy atom. The number of hydrogen-bond donors (Lipinski definition) is 2. The van der Waals surface area contributed by atoms with Crippen molar-refractivity contribution >= 4 is 5.97 Å². The van der Waals surface area contributed by atoms with Crippen LogP contribution in [0.4, 0.5) is 0 Å². The van der Waals surface area contributed by atoms with Crippen molar-refractivity contribution in [1.29, 1.82) is 0 Å². The summed E-state index contributed by atoms with van der Waals surface area (Å²) in [5.74, 6) is -0.0745. The number of carbonyl (C=O) groups is 1. The molecule has 2 unspecified atom stereocenters. The van der Waals surface area contributed by atoms with Crippen LogP contribution in [0.5, 0.6) is 0 Å². The average molecular weight is 366 g/mol. The van der Waals surface area contributed by atoms with Crippen LogP contribution in [0.3, 0.4) is 0 Å². The third kappa shape index (κ3) is 2.58. The SMILES string of the molecule is C=C[C@]1(CO)C[C@@H](O)C2[C@]3(C)CCC[C@](C)(C(=O)OC)C3CC[C@]2(C)O1. The Labute approximate surface area is 156 Å². The van der Waals surface area contributed by atoms with Crippen molar-refractivity contribution in [3.63, 3.8) is 0 Å². The molecule has 1 aliphatic heterocycles. The Morgan fingerprint density at radius 1 is 1.31 bits per heavy atom. The number of esters is 1. The van der Waals surface area contributed by atoms with Gasteiger partial charge < -0.3 is 19.7 Å². The van der Waals surface area contributed by atoms with Crippen molar-refractivity contribution in [2.24, 2.45) is 22.7 Å². The fourth-order valence-corrected chi connectivity index (χ4v) is 6.92. The van der Waals surface area contributed by atoms with E-state index in [9.17, 15) is 15.0 Å². The van der Waals surface area contributed by atoms with Gasteiger partial charge in [0.05, 0.1) is 30.8 Å². The number of methoxy groups -OCH3 is 1. The minimum Gasteiger partial charge on any atom is -0.469 e. The summed E-state index contributed by atoms with van der Waals surface area (Å²) in [4.78, 5) is 12.6. The van der Waals surface area contributed by atoms with Gasteiger partial charge in [0.25, 0.3) is 0 Å². The van der Waals surface area contributed by atoms with E-state index in [4.69, 9.17) is 9.47 Å². The standard InChI is InChI=1S/C21H34O5/c1-6-21(13-22)12-14(23)16-18(2)9-7-10-19(3,17(24)25-5)15(18)8-11-20(16,4)26-21/h6,14-16,22-23H,1,7-13H2,2-5H3/t14-,15?,16?,18-,19+,20+,21-/m1/s1. The van der Waals surface area contributed by atoms with E-state index in [1.807, 2.05) is 6.92 Å². The maximum Gasteiger partial charge on any atom is 0.311 e. The molecule has 26 heavy (non-hydrogen) atoms. The molecule has 3 fully saturated rings. The summed E-state index contributed by atoms with van der Waals surface area (Å²) in [5, 5.41) is 21.1.